The molecule has 0 radical (unpaired) electrons. The van der Waals surface area contributed by atoms with E-state index < -0.39 is 10.0 Å². The van der Waals surface area contributed by atoms with Gasteiger partial charge in [-0.2, -0.15) is 4.31 Å². The Kier molecular flexibility index (Phi) is 4.95. The molecule has 0 spiro atoms. The summed E-state index contributed by atoms with van der Waals surface area (Å²) >= 11 is 0. The summed E-state index contributed by atoms with van der Waals surface area (Å²) in [4.78, 5) is 0.246. The first-order valence-electron chi connectivity index (χ1n) is 6.16. The van der Waals surface area contributed by atoms with Crippen LogP contribution in [0.1, 0.15) is 32.9 Å². The maximum absolute atomic E-state index is 12.4. The van der Waals surface area contributed by atoms with Gasteiger partial charge in [-0.25, -0.2) is 8.42 Å². The van der Waals surface area contributed by atoms with Gasteiger partial charge in [0.25, 0.3) is 0 Å². The van der Waals surface area contributed by atoms with Gasteiger partial charge in [0.1, 0.15) is 4.90 Å². The van der Waals surface area contributed by atoms with Gasteiger partial charge in [0.05, 0.1) is 6.61 Å². The highest BCUT2D eigenvalue weighted by molar-refractivity contribution is 7.89. The zero-order chi connectivity index (χ0) is 13.9. The number of hydrogen-bond donors (Lipinski definition) is 1. The average Bonchev–Trinajstić information content (AvgIpc) is 2.80. The second-order valence-electron chi connectivity index (χ2n) is 4.39. The van der Waals surface area contributed by atoms with Crippen molar-refractivity contribution in [1.82, 2.24) is 8.87 Å². The van der Waals surface area contributed by atoms with Crippen molar-refractivity contribution in [2.45, 2.75) is 51.3 Å². The second-order valence-corrected chi connectivity index (χ2v) is 6.39. The molecular weight excluding hydrogens is 252 g/mol. The molecule has 5 nitrogen and oxygen atoms in total. The fourth-order valence-corrected chi connectivity index (χ4v) is 3.25. The lowest BCUT2D eigenvalue weighted by Gasteiger charge is -2.22. The Morgan fingerprint density at radius 1 is 1.44 bits per heavy atom. The maximum Gasteiger partial charge on any atom is 0.244 e. The van der Waals surface area contributed by atoms with Crippen molar-refractivity contribution in [3.63, 3.8) is 0 Å². The van der Waals surface area contributed by atoms with Gasteiger partial charge in [-0.05, 0) is 26.3 Å². The number of aromatic nitrogens is 1. The molecule has 0 saturated carbocycles. The van der Waals surface area contributed by atoms with Crippen LogP contribution in [0.25, 0.3) is 0 Å². The Morgan fingerprint density at radius 2 is 2.06 bits per heavy atom. The van der Waals surface area contributed by atoms with Crippen molar-refractivity contribution in [3.8, 4) is 0 Å². The number of hydrogen-bond acceptors (Lipinski definition) is 3. The minimum absolute atomic E-state index is 0.0439. The molecule has 1 aromatic heterocycles. The third kappa shape index (κ3) is 2.76. The molecule has 1 rings (SSSR count). The zero-order valence-electron chi connectivity index (χ0n) is 11.4. The lowest BCUT2D eigenvalue weighted by molar-refractivity contribution is 0.271. The van der Waals surface area contributed by atoms with Crippen molar-refractivity contribution >= 4 is 10.0 Å². The SMILES string of the molecule is CCC(C)N(C)S(=O)(=O)c1cc(CO)n(CC)c1. The zero-order valence-corrected chi connectivity index (χ0v) is 12.2. The van der Waals surface area contributed by atoms with E-state index in [2.05, 4.69) is 0 Å². The lowest BCUT2D eigenvalue weighted by atomic mass is 10.3. The van der Waals surface area contributed by atoms with E-state index in [9.17, 15) is 13.5 Å². The van der Waals surface area contributed by atoms with Crippen LogP contribution < -0.4 is 0 Å². The monoisotopic (exact) mass is 274 g/mol. The molecule has 1 aromatic rings. The van der Waals surface area contributed by atoms with Gasteiger partial charge < -0.3 is 9.67 Å². The van der Waals surface area contributed by atoms with E-state index in [1.54, 1.807) is 17.8 Å². The first-order valence-corrected chi connectivity index (χ1v) is 7.60. The highest BCUT2D eigenvalue weighted by Gasteiger charge is 2.26. The molecule has 0 saturated heterocycles. The normalized spacial score (nSPS) is 14.1. The van der Waals surface area contributed by atoms with Crippen LogP contribution in [0.15, 0.2) is 17.2 Å². The molecule has 18 heavy (non-hydrogen) atoms. The molecule has 0 fully saturated rings. The van der Waals surface area contributed by atoms with Crippen LogP contribution in [-0.4, -0.2) is 35.5 Å². The van der Waals surface area contributed by atoms with Gasteiger partial charge in [-0.15, -0.1) is 0 Å². The average molecular weight is 274 g/mol. The van der Waals surface area contributed by atoms with Crippen LogP contribution in [0.5, 0.6) is 0 Å². The van der Waals surface area contributed by atoms with Crippen LogP contribution in [0.4, 0.5) is 0 Å². The van der Waals surface area contributed by atoms with Gasteiger partial charge >= 0.3 is 0 Å². The predicted octanol–water partition coefficient (Wildman–Crippen LogP) is 1.42. The standard InChI is InChI=1S/C12H22N2O3S/c1-5-10(3)13(4)18(16,17)12-7-11(9-15)14(6-2)8-12/h7-8,10,15H,5-6,9H2,1-4H3. The Bertz CT molecular complexity index is 472. The third-order valence-corrected chi connectivity index (χ3v) is 5.29. The molecule has 0 aromatic carbocycles. The molecule has 1 atom stereocenters. The van der Waals surface area contributed by atoms with E-state index in [4.69, 9.17) is 0 Å². The molecule has 0 amide bonds. The summed E-state index contributed by atoms with van der Waals surface area (Å²) in [5.41, 5.74) is 0.619. The van der Waals surface area contributed by atoms with E-state index in [0.717, 1.165) is 6.42 Å². The van der Waals surface area contributed by atoms with Crippen LogP contribution in [0, 0.1) is 0 Å². The minimum atomic E-state index is -3.47. The van der Waals surface area contributed by atoms with Crippen molar-refractivity contribution in [1.29, 1.82) is 0 Å². The molecule has 1 heterocycles. The summed E-state index contributed by atoms with van der Waals surface area (Å²) in [7, 11) is -1.88. The van der Waals surface area contributed by atoms with Crippen molar-refractivity contribution in [2.75, 3.05) is 7.05 Å². The summed E-state index contributed by atoms with van der Waals surface area (Å²) in [6.45, 7) is 6.22. The number of aliphatic hydroxyl groups is 1. The summed E-state index contributed by atoms with van der Waals surface area (Å²) < 4.78 is 27.8. The lowest BCUT2D eigenvalue weighted by Crippen LogP contribution is -2.34. The summed E-state index contributed by atoms with van der Waals surface area (Å²) in [6.07, 6.45) is 2.34. The first-order chi connectivity index (χ1) is 8.38. The smallest absolute Gasteiger partial charge is 0.244 e. The summed E-state index contributed by atoms with van der Waals surface area (Å²) in [5.74, 6) is 0. The Hall–Kier alpha value is -0.850. The van der Waals surface area contributed by atoms with E-state index >= 15 is 0 Å². The van der Waals surface area contributed by atoms with Gasteiger partial charge in [0.15, 0.2) is 0 Å². The van der Waals surface area contributed by atoms with Crippen LogP contribution in [-0.2, 0) is 23.2 Å². The Labute approximate surface area is 109 Å². The number of aryl methyl sites for hydroxylation is 1. The molecule has 1 N–H and O–H groups in total. The van der Waals surface area contributed by atoms with Crippen molar-refractivity contribution in [2.24, 2.45) is 0 Å². The third-order valence-electron chi connectivity index (χ3n) is 3.35. The molecule has 6 heteroatoms. The maximum atomic E-state index is 12.4. The molecule has 0 aliphatic carbocycles. The topological polar surface area (TPSA) is 62.5 Å². The Morgan fingerprint density at radius 3 is 2.44 bits per heavy atom. The second kappa shape index (κ2) is 5.86. The number of sulfonamides is 1. The van der Waals surface area contributed by atoms with E-state index in [0.29, 0.717) is 12.2 Å². The minimum Gasteiger partial charge on any atom is -0.390 e. The van der Waals surface area contributed by atoms with Crippen LogP contribution in [0.2, 0.25) is 0 Å². The highest BCUT2D eigenvalue weighted by atomic mass is 32.2. The molecule has 0 bridgehead atoms. The van der Waals surface area contributed by atoms with E-state index in [1.165, 1.54) is 10.4 Å². The molecule has 1 unspecified atom stereocenters. The van der Waals surface area contributed by atoms with Gasteiger partial charge in [0.2, 0.25) is 10.0 Å². The quantitative estimate of drug-likeness (QED) is 0.853. The fourth-order valence-electron chi connectivity index (χ4n) is 1.75. The number of nitrogens with zero attached hydrogens (tertiary/aromatic N) is 2. The molecule has 104 valence electrons. The van der Waals surface area contributed by atoms with Gasteiger partial charge in [-0.3, -0.25) is 0 Å². The van der Waals surface area contributed by atoms with Crippen LogP contribution in [0.3, 0.4) is 0 Å². The first kappa shape index (κ1) is 15.2. The highest BCUT2D eigenvalue weighted by Crippen LogP contribution is 2.20. The van der Waals surface area contributed by atoms with Gasteiger partial charge in [0, 0.05) is 31.5 Å². The van der Waals surface area contributed by atoms with E-state index in [-0.39, 0.29) is 17.5 Å². The molecule has 0 aliphatic rings. The van der Waals surface area contributed by atoms with Crippen LogP contribution >= 0.6 is 0 Å². The summed E-state index contributed by atoms with van der Waals surface area (Å²) in [5, 5.41) is 9.19. The molecular formula is C12H22N2O3S. The van der Waals surface area contributed by atoms with Crippen molar-refractivity contribution < 1.29 is 13.5 Å². The largest absolute Gasteiger partial charge is 0.390 e. The predicted molar refractivity (Wildman–Crippen MR) is 70.7 cm³/mol. The Balaban J connectivity index is 3.16. The van der Waals surface area contributed by atoms with E-state index in [1.807, 2.05) is 20.8 Å². The number of rotatable bonds is 6. The fraction of sp³-hybridized carbons (Fsp3) is 0.667. The van der Waals surface area contributed by atoms with Crippen molar-refractivity contribution in [3.05, 3.63) is 18.0 Å². The number of aliphatic hydroxyl groups excluding tert-OH is 1. The summed E-state index contributed by atoms with van der Waals surface area (Å²) in [6, 6.07) is 1.50. The van der Waals surface area contributed by atoms with Gasteiger partial charge in [-0.1, -0.05) is 6.92 Å². The molecule has 0 aliphatic heterocycles.